The molecule has 0 radical (unpaired) electrons. The maximum Gasteiger partial charge on any atom is 0.573 e. The van der Waals surface area contributed by atoms with Gasteiger partial charge in [0.1, 0.15) is 34.7 Å². The van der Waals surface area contributed by atoms with Gasteiger partial charge in [-0.15, -0.1) is 13.2 Å². The first-order valence-corrected chi connectivity index (χ1v) is 11.2. The van der Waals surface area contributed by atoms with Crippen molar-refractivity contribution in [3.05, 3.63) is 83.3 Å². The molecule has 2 aromatic carbocycles. The standard InChI is InChI=1S/C27H16F4N4O4/c1-13-23(14(2)39-34-13)17-8-19-20(18-7-6-15(26(36)37)9-22(18)38-27(29,30)31)12-35(25(19)33-11-17)24-16(10-32)4-3-5-21(24)28/h3-9,11-12H,1-2H3,(H,36,37). The van der Waals surface area contributed by atoms with Gasteiger partial charge in [-0.2, -0.15) is 5.26 Å². The molecular formula is C27H16F4N4O4. The minimum absolute atomic E-state index is 0.0389. The number of hydrogen-bond donors (Lipinski definition) is 1. The third kappa shape index (κ3) is 4.54. The Hall–Kier alpha value is -5.18. The second kappa shape index (κ2) is 9.29. The molecule has 39 heavy (non-hydrogen) atoms. The predicted octanol–water partition coefficient (Wildman–Crippen LogP) is 6.57. The number of carboxylic acids is 1. The Labute approximate surface area is 217 Å². The van der Waals surface area contributed by atoms with E-state index in [-0.39, 0.29) is 33.4 Å². The van der Waals surface area contributed by atoms with Crippen molar-refractivity contribution in [2.24, 2.45) is 0 Å². The van der Waals surface area contributed by atoms with Crippen LogP contribution < -0.4 is 4.74 Å². The Bertz CT molecular complexity index is 1800. The fourth-order valence-electron chi connectivity index (χ4n) is 4.46. The summed E-state index contributed by atoms with van der Waals surface area (Å²) in [6.07, 6.45) is -2.33. The number of nitriles is 1. The summed E-state index contributed by atoms with van der Waals surface area (Å²) in [5.41, 5.74) is 1.16. The molecule has 3 heterocycles. The number of nitrogens with zero attached hydrogens (tertiary/aromatic N) is 4. The Morgan fingerprint density at radius 1 is 1.15 bits per heavy atom. The van der Waals surface area contributed by atoms with Gasteiger partial charge in [0.25, 0.3) is 0 Å². The van der Waals surface area contributed by atoms with E-state index in [4.69, 9.17) is 4.52 Å². The van der Waals surface area contributed by atoms with E-state index in [0.717, 1.165) is 18.2 Å². The monoisotopic (exact) mass is 536 g/mol. The van der Waals surface area contributed by atoms with Gasteiger partial charge in [-0.1, -0.05) is 11.2 Å². The molecule has 0 unspecified atom stereocenters. The van der Waals surface area contributed by atoms with Crippen LogP contribution in [0.2, 0.25) is 0 Å². The lowest BCUT2D eigenvalue weighted by Crippen LogP contribution is -2.18. The summed E-state index contributed by atoms with van der Waals surface area (Å²) in [5.74, 6) is -2.52. The third-order valence-electron chi connectivity index (χ3n) is 6.06. The number of para-hydroxylation sites is 1. The normalized spacial score (nSPS) is 11.5. The van der Waals surface area contributed by atoms with Crippen LogP contribution in [-0.4, -0.2) is 32.1 Å². The van der Waals surface area contributed by atoms with Crippen molar-refractivity contribution in [2.75, 3.05) is 0 Å². The highest BCUT2D eigenvalue weighted by Crippen LogP contribution is 2.41. The highest BCUT2D eigenvalue weighted by Gasteiger charge is 2.33. The first-order chi connectivity index (χ1) is 18.5. The molecule has 196 valence electrons. The van der Waals surface area contributed by atoms with Gasteiger partial charge in [0.2, 0.25) is 0 Å². The number of halogens is 4. The number of aromatic nitrogens is 3. The van der Waals surface area contributed by atoms with Crippen LogP contribution in [0.15, 0.2) is 59.4 Å². The van der Waals surface area contributed by atoms with Gasteiger partial charge in [0, 0.05) is 40.0 Å². The van der Waals surface area contributed by atoms with E-state index in [0.29, 0.717) is 22.6 Å². The summed E-state index contributed by atoms with van der Waals surface area (Å²) in [4.78, 5) is 15.9. The summed E-state index contributed by atoms with van der Waals surface area (Å²) in [6.45, 7) is 3.39. The van der Waals surface area contributed by atoms with Crippen LogP contribution in [0.3, 0.4) is 0 Å². The maximum atomic E-state index is 15.1. The van der Waals surface area contributed by atoms with Crippen LogP contribution in [0.4, 0.5) is 17.6 Å². The molecule has 3 aromatic heterocycles. The largest absolute Gasteiger partial charge is 0.573 e. The number of ether oxygens (including phenoxy) is 1. The zero-order chi connectivity index (χ0) is 28.1. The Kier molecular flexibility index (Phi) is 6.06. The zero-order valence-corrected chi connectivity index (χ0v) is 20.2. The SMILES string of the molecule is Cc1noc(C)c1-c1cnc2c(c1)c(-c1ccc(C(=O)O)cc1OC(F)(F)F)cn2-c1c(F)cccc1C#N. The van der Waals surface area contributed by atoms with Crippen LogP contribution in [0.25, 0.3) is 39.0 Å². The van der Waals surface area contributed by atoms with Crippen molar-refractivity contribution in [1.29, 1.82) is 5.26 Å². The molecule has 0 aliphatic carbocycles. The summed E-state index contributed by atoms with van der Waals surface area (Å²) >= 11 is 0. The molecule has 0 fully saturated rings. The van der Waals surface area contributed by atoms with Crippen LogP contribution >= 0.6 is 0 Å². The first-order valence-electron chi connectivity index (χ1n) is 11.2. The Morgan fingerprint density at radius 2 is 1.92 bits per heavy atom. The van der Waals surface area contributed by atoms with Crippen LogP contribution in [0.5, 0.6) is 5.75 Å². The van der Waals surface area contributed by atoms with Crippen LogP contribution in [0.1, 0.15) is 27.4 Å². The summed E-state index contributed by atoms with van der Waals surface area (Å²) < 4.78 is 65.8. The van der Waals surface area contributed by atoms with E-state index in [2.05, 4.69) is 14.9 Å². The van der Waals surface area contributed by atoms with Gasteiger partial charge in [-0.3, -0.25) is 4.57 Å². The number of fused-ring (bicyclic) bond motifs is 1. The second-order valence-corrected chi connectivity index (χ2v) is 8.52. The number of carboxylic acid groups (broad SMARTS) is 1. The lowest BCUT2D eigenvalue weighted by atomic mass is 10.00. The van der Waals surface area contributed by atoms with E-state index in [9.17, 15) is 28.3 Å². The van der Waals surface area contributed by atoms with Gasteiger partial charge in [0.05, 0.1) is 16.8 Å². The molecule has 0 aliphatic rings. The third-order valence-corrected chi connectivity index (χ3v) is 6.06. The highest BCUT2D eigenvalue weighted by molar-refractivity contribution is 6.00. The second-order valence-electron chi connectivity index (χ2n) is 8.52. The number of benzene rings is 2. The minimum atomic E-state index is -5.14. The Balaban J connectivity index is 1.87. The number of carbonyl (C=O) groups is 1. The van der Waals surface area contributed by atoms with Crippen molar-refractivity contribution in [3.63, 3.8) is 0 Å². The number of alkyl halides is 3. The number of aryl methyl sites for hydroxylation is 2. The highest BCUT2D eigenvalue weighted by atomic mass is 19.4. The molecule has 0 aliphatic heterocycles. The average molecular weight is 536 g/mol. The van der Waals surface area contributed by atoms with Crippen LogP contribution in [-0.2, 0) is 0 Å². The lowest BCUT2D eigenvalue weighted by Gasteiger charge is -2.14. The molecule has 0 spiro atoms. The van der Waals surface area contributed by atoms with E-state index in [1.165, 1.54) is 35.2 Å². The molecular weight excluding hydrogens is 520 g/mol. The molecule has 0 bridgehead atoms. The van der Waals surface area contributed by atoms with Gasteiger partial charge in [-0.05, 0) is 50.2 Å². The van der Waals surface area contributed by atoms with E-state index < -0.39 is 29.5 Å². The van der Waals surface area contributed by atoms with Crippen molar-refractivity contribution < 1.29 is 36.7 Å². The van der Waals surface area contributed by atoms with Crippen molar-refractivity contribution >= 4 is 17.0 Å². The summed E-state index contributed by atoms with van der Waals surface area (Å²) in [6, 6.07) is 10.5. The molecule has 0 saturated carbocycles. The van der Waals surface area contributed by atoms with Crippen molar-refractivity contribution in [2.45, 2.75) is 20.2 Å². The maximum absolute atomic E-state index is 15.1. The summed E-state index contributed by atoms with van der Waals surface area (Å²) in [7, 11) is 0. The number of pyridine rings is 1. The first kappa shape index (κ1) is 25.5. The molecule has 8 nitrogen and oxygen atoms in total. The predicted molar refractivity (Wildman–Crippen MR) is 130 cm³/mol. The minimum Gasteiger partial charge on any atom is -0.478 e. The number of rotatable bonds is 5. The van der Waals surface area contributed by atoms with E-state index in [1.807, 2.05) is 6.07 Å². The molecule has 12 heteroatoms. The van der Waals surface area contributed by atoms with Crippen molar-refractivity contribution in [3.8, 4) is 39.8 Å². The van der Waals surface area contributed by atoms with E-state index >= 15 is 4.39 Å². The van der Waals surface area contributed by atoms with E-state index in [1.54, 1.807) is 19.9 Å². The van der Waals surface area contributed by atoms with Gasteiger partial charge >= 0.3 is 12.3 Å². The molecule has 1 N–H and O–H groups in total. The average Bonchev–Trinajstić information content (AvgIpc) is 3.41. The quantitative estimate of drug-likeness (QED) is 0.253. The Morgan fingerprint density at radius 3 is 2.56 bits per heavy atom. The summed E-state index contributed by atoms with van der Waals surface area (Å²) in [5, 5.41) is 23.2. The van der Waals surface area contributed by atoms with Crippen LogP contribution in [0, 0.1) is 31.0 Å². The molecule has 0 amide bonds. The zero-order valence-electron chi connectivity index (χ0n) is 20.2. The molecule has 5 aromatic rings. The molecule has 0 atom stereocenters. The fraction of sp³-hybridized carbons (Fsp3) is 0.111. The smallest absolute Gasteiger partial charge is 0.478 e. The number of aromatic carboxylic acids is 1. The molecule has 0 saturated heterocycles. The molecule has 5 rings (SSSR count). The number of hydrogen-bond acceptors (Lipinski definition) is 6. The van der Waals surface area contributed by atoms with Gasteiger partial charge < -0.3 is 14.4 Å². The topological polar surface area (TPSA) is 114 Å². The van der Waals surface area contributed by atoms with Gasteiger partial charge in [0.15, 0.2) is 0 Å². The fourth-order valence-corrected chi connectivity index (χ4v) is 4.46. The van der Waals surface area contributed by atoms with Gasteiger partial charge in [-0.25, -0.2) is 14.2 Å². The lowest BCUT2D eigenvalue weighted by molar-refractivity contribution is -0.274. The van der Waals surface area contributed by atoms with Crippen molar-refractivity contribution in [1.82, 2.24) is 14.7 Å².